The van der Waals surface area contributed by atoms with Gasteiger partial charge in [0.15, 0.2) is 11.9 Å². The smallest absolute Gasteiger partial charge is 0.330 e. The van der Waals surface area contributed by atoms with Gasteiger partial charge in [-0.1, -0.05) is 6.58 Å². The van der Waals surface area contributed by atoms with Gasteiger partial charge in [0.05, 0.1) is 0 Å². The van der Waals surface area contributed by atoms with E-state index in [4.69, 9.17) is 4.74 Å². The Morgan fingerprint density at radius 3 is 2.92 bits per heavy atom. The third-order valence-electron chi connectivity index (χ3n) is 1.92. The third kappa shape index (κ3) is 2.19. The molecule has 0 spiro atoms. The number of ketones is 1. The summed E-state index contributed by atoms with van der Waals surface area (Å²) < 4.78 is 4.85. The molecule has 0 radical (unpaired) electrons. The van der Waals surface area contributed by atoms with E-state index in [1.54, 1.807) is 0 Å². The molecular formula is C9H12O3. The predicted molar refractivity (Wildman–Crippen MR) is 43.6 cm³/mol. The Balaban J connectivity index is 2.44. The highest BCUT2D eigenvalue weighted by Gasteiger charge is 2.24. The summed E-state index contributed by atoms with van der Waals surface area (Å²) in [5.41, 5.74) is 0. The molecule has 0 saturated heterocycles. The molecule has 1 aliphatic rings. The summed E-state index contributed by atoms with van der Waals surface area (Å²) in [6, 6.07) is 0. The average Bonchev–Trinajstić information content (AvgIpc) is 2.09. The molecule has 3 heteroatoms. The number of hydrogen-bond acceptors (Lipinski definition) is 3. The van der Waals surface area contributed by atoms with E-state index in [0.29, 0.717) is 12.8 Å². The van der Waals surface area contributed by atoms with Gasteiger partial charge >= 0.3 is 5.97 Å². The maximum atomic E-state index is 11.1. The molecule has 0 aromatic carbocycles. The number of carbonyl (C=O) groups is 2. The van der Waals surface area contributed by atoms with E-state index in [9.17, 15) is 9.59 Å². The van der Waals surface area contributed by atoms with Crippen molar-refractivity contribution in [2.75, 3.05) is 0 Å². The van der Waals surface area contributed by atoms with Crippen molar-refractivity contribution >= 4 is 11.8 Å². The van der Waals surface area contributed by atoms with Crippen LogP contribution in [0.4, 0.5) is 0 Å². The van der Waals surface area contributed by atoms with Crippen LogP contribution in [-0.2, 0) is 14.3 Å². The second kappa shape index (κ2) is 4.04. The van der Waals surface area contributed by atoms with E-state index in [0.717, 1.165) is 18.9 Å². The molecule has 66 valence electrons. The first kappa shape index (κ1) is 8.97. The zero-order chi connectivity index (χ0) is 8.97. The number of hydrogen-bond donors (Lipinski definition) is 0. The Morgan fingerprint density at radius 1 is 1.58 bits per heavy atom. The van der Waals surface area contributed by atoms with Crippen molar-refractivity contribution in [1.82, 2.24) is 0 Å². The summed E-state index contributed by atoms with van der Waals surface area (Å²) in [7, 11) is 0. The highest BCUT2D eigenvalue weighted by atomic mass is 16.5. The van der Waals surface area contributed by atoms with Crippen LogP contribution >= 0.6 is 0 Å². The Hall–Kier alpha value is -1.12. The highest BCUT2D eigenvalue weighted by Crippen LogP contribution is 2.17. The molecule has 0 aromatic rings. The van der Waals surface area contributed by atoms with Gasteiger partial charge in [0, 0.05) is 12.5 Å². The van der Waals surface area contributed by atoms with E-state index in [1.807, 2.05) is 0 Å². The van der Waals surface area contributed by atoms with Crippen molar-refractivity contribution in [2.45, 2.75) is 31.8 Å². The summed E-state index contributed by atoms with van der Waals surface area (Å²) in [5.74, 6) is -0.466. The van der Waals surface area contributed by atoms with Crippen molar-refractivity contribution in [3.05, 3.63) is 12.7 Å². The summed E-state index contributed by atoms with van der Waals surface area (Å²) in [6.07, 6.45) is 3.65. The Kier molecular flexibility index (Phi) is 3.02. The van der Waals surface area contributed by atoms with Gasteiger partial charge in [-0.15, -0.1) is 0 Å². The van der Waals surface area contributed by atoms with Gasteiger partial charge in [0.1, 0.15) is 0 Å². The van der Waals surface area contributed by atoms with Gasteiger partial charge < -0.3 is 4.74 Å². The normalized spacial score (nSPS) is 23.3. The standard InChI is InChI=1S/C9H12O3/c1-2-9(11)12-8-6-4-3-5-7(8)10/h2,8H,1,3-6H2. The number of Topliss-reactive ketones (excluding diaryl/α,β-unsaturated/α-hetero) is 1. The maximum Gasteiger partial charge on any atom is 0.330 e. The lowest BCUT2D eigenvalue weighted by Gasteiger charge is -2.19. The van der Waals surface area contributed by atoms with Gasteiger partial charge in [-0.05, 0) is 19.3 Å². The molecule has 0 amide bonds. The number of carbonyl (C=O) groups excluding carboxylic acids is 2. The fraction of sp³-hybridized carbons (Fsp3) is 0.556. The average molecular weight is 168 g/mol. The fourth-order valence-corrected chi connectivity index (χ4v) is 1.26. The monoisotopic (exact) mass is 168 g/mol. The SMILES string of the molecule is C=CC(=O)OC1CCCCC1=O. The van der Waals surface area contributed by atoms with Crippen molar-refractivity contribution in [1.29, 1.82) is 0 Å². The van der Waals surface area contributed by atoms with Crippen LogP contribution in [0, 0.1) is 0 Å². The van der Waals surface area contributed by atoms with Crippen molar-refractivity contribution in [3.8, 4) is 0 Å². The van der Waals surface area contributed by atoms with Gasteiger partial charge in [0.2, 0.25) is 0 Å². The first-order valence-corrected chi connectivity index (χ1v) is 4.10. The Morgan fingerprint density at radius 2 is 2.33 bits per heavy atom. The molecule has 0 heterocycles. The van der Waals surface area contributed by atoms with Gasteiger partial charge in [0.25, 0.3) is 0 Å². The second-order valence-corrected chi connectivity index (χ2v) is 2.84. The van der Waals surface area contributed by atoms with Crippen LogP contribution in [-0.4, -0.2) is 17.9 Å². The molecule has 0 aliphatic heterocycles. The van der Waals surface area contributed by atoms with Crippen LogP contribution in [0.3, 0.4) is 0 Å². The third-order valence-corrected chi connectivity index (χ3v) is 1.92. The minimum Gasteiger partial charge on any atom is -0.451 e. The van der Waals surface area contributed by atoms with Gasteiger partial charge in [-0.3, -0.25) is 4.79 Å². The topological polar surface area (TPSA) is 43.4 Å². The minimum absolute atomic E-state index is 0.0384. The molecule has 0 N–H and O–H groups in total. The minimum atomic E-state index is -0.510. The fourth-order valence-electron chi connectivity index (χ4n) is 1.26. The molecule has 1 atom stereocenters. The van der Waals surface area contributed by atoms with Crippen LogP contribution < -0.4 is 0 Å². The molecule has 1 aliphatic carbocycles. The molecule has 3 nitrogen and oxygen atoms in total. The van der Waals surface area contributed by atoms with Gasteiger partial charge in [-0.2, -0.15) is 0 Å². The van der Waals surface area contributed by atoms with Crippen molar-refractivity contribution in [2.24, 2.45) is 0 Å². The molecule has 1 fully saturated rings. The van der Waals surface area contributed by atoms with Crippen LogP contribution in [0.15, 0.2) is 12.7 Å². The van der Waals surface area contributed by atoms with E-state index in [1.165, 1.54) is 0 Å². The largest absolute Gasteiger partial charge is 0.451 e. The molecule has 0 bridgehead atoms. The zero-order valence-electron chi connectivity index (χ0n) is 6.91. The van der Waals surface area contributed by atoms with Crippen molar-refractivity contribution < 1.29 is 14.3 Å². The Bertz CT molecular complexity index is 208. The van der Waals surface area contributed by atoms with E-state index < -0.39 is 12.1 Å². The zero-order valence-corrected chi connectivity index (χ0v) is 6.91. The lowest BCUT2D eigenvalue weighted by Crippen LogP contribution is -2.29. The first-order valence-electron chi connectivity index (χ1n) is 4.10. The second-order valence-electron chi connectivity index (χ2n) is 2.84. The molecule has 0 aromatic heterocycles. The van der Waals surface area contributed by atoms with Crippen LogP contribution in [0.1, 0.15) is 25.7 Å². The first-order chi connectivity index (χ1) is 5.74. The maximum absolute atomic E-state index is 11.1. The van der Waals surface area contributed by atoms with Gasteiger partial charge in [-0.25, -0.2) is 4.79 Å². The number of esters is 1. The lowest BCUT2D eigenvalue weighted by molar-refractivity contribution is -0.152. The summed E-state index contributed by atoms with van der Waals surface area (Å²) in [4.78, 5) is 21.9. The lowest BCUT2D eigenvalue weighted by atomic mass is 9.96. The number of rotatable bonds is 2. The highest BCUT2D eigenvalue weighted by molar-refractivity contribution is 5.88. The van der Waals surface area contributed by atoms with Crippen molar-refractivity contribution in [3.63, 3.8) is 0 Å². The summed E-state index contributed by atoms with van der Waals surface area (Å²) in [5, 5.41) is 0. The van der Waals surface area contributed by atoms with E-state index in [2.05, 4.69) is 6.58 Å². The Labute approximate surface area is 71.4 Å². The van der Waals surface area contributed by atoms with Crippen LogP contribution in [0.25, 0.3) is 0 Å². The molecule has 1 rings (SSSR count). The summed E-state index contributed by atoms with van der Waals surface area (Å²) >= 11 is 0. The quantitative estimate of drug-likeness (QED) is 0.460. The van der Waals surface area contributed by atoms with Crippen LogP contribution in [0.2, 0.25) is 0 Å². The molecule has 12 heavy (non-hydrogen) atoms. The molecular weight excluding hydrogens is 156 g/mol. The molecule has 1 unspecified atom stereocenters. The van der Waals surface area contributed by atoms with E-state index >= 15 is 0 Å². The van der Waals surface area contributed by atoms with Crippen LogP contribution in [0.5, 0.6) is 0 Å². The predicted octanol–water partition coefficient (Wildman–Crippen LogP) is 1.23. The summed E-state index contributed by atoms with van der Waals surface area (Å²) in [6.45, 7) is 3.27. The van der Waals surface area contributed by atoms with E-state index in [-0.39, 0.29) is 5.78 Å². The number of ether oxygens (including phenoxy) is 1. The molecule has 1 saturated carbocycles.